The van der Waals surface area contributed by atoms with Crippen molar-refractivity contribution in [1.82, 2.24) is 0 Å². The molecule has 0 nitrogen and oxygen atoms in total. The van der Waals surface area contributed by atoms with Crippen LogP contribution in [0.3, 0.4) is 0 Å². The SMILES string of the molecule is C=C(C)CCCCCCCC1(CCCCCCCC)c2ccccc2-c2ccc(C)cc21. The summed E-state index contributed by atoms with van der Waals surface area (Å²) in [5.41, 5.74) is 9.18. The third-order valence-corrected chi connectivity index (χ3v) is 7.59. The molecule has 0 aliphatic heterocycles. The second kappa shape index (κ2) is 12.4. The molecule has 1 aliphatic carbocycles. The van der Waals surface area contributed by atoms with E-state index in [1.165, 1.54) is 112 Å². The van der Waals surface area contributed by atoms with Crippen molar-refractivity contribution in [3.8, 4) is 11.1 Å². The fourth-order valence-electron chi connectivity index (χ4n) is 5.82. The Hall–Kier alpha value is -1.82. The molecule has 3 rings (SSSR count). The summed E-state index contributed by atoms with van der Waals surface area (Å²) in [7, 11) is 0. The molecule has 32 heavy (non-hydrogen) atoms. The lowest BCUT2D eigenvalue weighted by molar-refractivity contribution is 0.398. The van der Waals surface area contributed by atoms with E-state index < -0.39 is 0 Å². The van der Waals surface area contributed by atoms with Crippen LogP contribution in [0.25, 0.3) is 11.1 Å². The summed E-state index contributed by atoms with van der Waals surface area (Å²) in [4.78, 5) is 0. The van der Waals surface area contributed by atoms with E-state index in [0.717, 1.165) is 0 Å². The standard InChI is InChI=1S/C32H46/c1-5-6-7-8-11-16-23-32(24-17-12-9-10-13-18-26(2)3)30-20-15-14-19-28(30)29-22-21-27(4)25-31(29)32/h14-15,19-22,25H,2,5-13,16-18,23-24H2,1,3-4H3. The zero-order valence-corrected chi connectivity index (χ0v) is 21.1. The van der Waals surface area contributed by atoms with Crippen molar-refractivity contribution in [3.05, 3.63) is 71.3 Å². The minimum Gasteiger partial charge on any atom is -0.100 e. The molecule has 2 aromatic rings. The molecule has 0 aromatic heterocycles. The molecule has 1 aliphatic rings. The van der Waals surface area contributed by atoms with Crippen molar-refractivity contribution >= 4 is 0 Å². The van der Waals surface area contributed by atoms with Crippen LogP contribution in [-0.4, -0.2) is 0 Å². The maximum absolute atomic E-state index is 4.05. The molecule has 0 radical (unpaired) electrons. The maximum atomic E-state index is 4.05. The number of aryl methyl sites for hydroxylation is 1. The summed E-state index contributed by atoms with van der Waals surface area (Å²) < 4.78 is 0. The third-order valence-electron chi connectivity index (χ3n) is 7.59. The molecular formula is C32H46. The van der Waals surface area contributed by atoms with E-state index in [1.807, 2.05) is 0 Å². The Morgan fingerprint density at radius 1 is 0.719 bits per heavy atom. The number of fused-ring (bicyclic) bond motifs is 3. The summed E-state index contributed by atoms with van der Waals surface area (Å²) in [5.74, 6) is 0. The Balaban J connectivity index is 1.74. The number of benzene rings is 2. The number of hydrogen-bond donors (Lipinski definition) is 0. The Morgan fingerprint density at radius 3 is 2.00 bits per heavy atom. The first-order valence-corrected chi connectivity index (χ1v) is 13.4. The van der Waals surface area contributed by atoms with E-state index in [4.69, 9.17) is 0 Å². The second-order valence-corrected chi connectivity index (χ2v) is 10.4. The minimum atomic E-state index is 0.223. The minimum absolute atomic E-state index is 0.223. The highest BCUT2D eigenvalue weighted by Crippen LogP contribution is 2.54. The second-order valence-electron chi connectivity index (χ2n) is 10.4. The fourth-order valence-corrected chi connectivity index (χ4v) is 5.82. The number of unbranched alkanes of at least 4 members (excludes halogenated alkanes) is 9. The lowest BCUT2D eigenvalue weighted by Gasteiger charge is -2.33. The van der Waals surface area contributed by atoms with Gasteiger partial charge in [0.15, 0.2) is 0 Å². The first kappa shape index (κ1) is 24.8. The van der Waals surface area contributed by atoms with Crippen molar-refractivity contribution in [1.29, 1.82) is 0 Å². The average molecular weight is 431 g/mol. The predicted molar refractivity (Wildman–Crippen MR) is 143 cm³/mol. The molecular weight excluding hydrogens is 384 g/mol. The number of allylic oxidation sites excluding steroid dienone is 1. The molecule has 0 bridgehead atoms. The summed E-state index contributed by atoms with van der Waals surface area (Å²) in [6.45, 7) is 10.8. The summed E-state index contributed by atoms with van der Waals surface area (Å²) in [6.07, 6.45) is 18.8. The Morgan fingerprint density at radius 2 is 1.31 bits per heavy atom. The van der Waals surface area contributed by atoms with Gasteiger partial charge in [-0.25, -0.2) is 0 Å². The van der Waals surface area contributed by atoms with Crippen LogP contribution < -0.4 is 0 Å². The molecule has 0 heteroatoms. The van der Waals surface area contributed by atoms with Crippen LogP contribution in [0.1, 0.15) is 120 Å². The molecule has 0 N–H and O–H groups in total. The van der Waals surface area contributed by atoms with E-state index in [1.54, 1.807) is 11.1 Å². The maximum Gasteiger partial charge on any atom is 0.0215 e. The van der Waals surface area contributed by atoms with Gasteiger partial charge in [0, 0.05) is 5.41 Å². The molecule has 1 atom stereocenters. The van der Waals surface area contributed by atoms with E-state index in [2.05, 4.69) is 69.8 Å². The lowest BCUT2D eigenvalue weighted by atomic mass is 9.70. The first-order valence-electron chi connectivity index (χ1n) is 13.4. The molecule has 0 fully saturated rings. The molecule has 174 valence electrons. The molecule has 0 amide bonds. The zero-order valence-electron chi connectivity index (χ0n) is 21.1. The summed E-state index contributed by atoms with van der Waals surface area (Å²) in [6, 6.07) is 16.5. The van der Waals surface area contributed by atoms with Gasteiger partial charge in [-0.3, -0.25) is 0 Å². The topological polar surface area (TPSA) is 0 Å². The number of hydrogen-bond acceptors (Lipinski definition) is 0. The van der Waals surface area contributed by atoms with Gasteiger partial charge in [0.2, 0.25) is 0 Å². The van der Waals surface area contributed by atoms with Gasteiger partial charge in [0.1, 0.15) is 0 Å². The van der Waals surface area contributed by atoms with E-state index >= 15 is 0 Å². The Kier molecular flexibility index (Phi) is 9.64. The smallest absolute Gasteiger partial charge is 0.0215 e. The highest BCUT2D eigenvalue weighted by atomic mass is 14.4. The van der Waals surface area contributed by atoms with Gasteiger partial charge >= 0.3 is 0 Å². The summed E-state index contributed by atoms with van der Waals surface area (Å²) >= 11 is 0. The Bertz CT molecular complexity index is 858. The average Bonchev–Trinajstić information content (AvgIpc) is 3.05. The highest BCUT2D eigenvalue weighted by molar-refractivity contribution is 5.81. The Labute approximate surface area is 198 Å². The molecule has 0 saturated heterocycles. The van der Waals surface area contributed by atoms with Gasteiger partial charge in [0.25, 0.3) is 0 Å². The molecule has 2 aromatic carbocycles. The van der Waals surface area contributed by atoms with Crippen LogP contribution in [0, 0.1) is 6.92 Å². The van der Waals surface area contributed by atoms with Crippen molar-refractivity contribution in [2.45, 2.75) is 116 Å². The fraction of sp³-hybridized carbons (Fsp3) is 0.562. The number of rotatable bonds is 15. The van der Waals surface area contributed by atoms with Gasteiger partial charge in [-0.2, -0.15) is 0 Å². The van der Waals surface area contributed by atoms with Gasteiger partial charge in [-0.05, 0) is 61.8 Å². The van der Waals surface area contributed by atoms with Crippen LogP contribution in [-0.2, 0) is 5.41 Å². The zero-order chi connectivity index (χ0) is 22.8. The van der Waals surface area contributed by atoms with E-state index in [0.29, 0.717) is 0 Å². The first-order chi connectivity index (χ1) is 15.6. The van der Waals surface area contributed by atoms with Gasteiger partial charge < -0.3 is 0 Å². The highest BCUT2D eigenvalue weighted by Gasteiger charge is 2.41. The quantitative estimate of drug-likeness (QED) is 0.195. The van der Waals surface area contributed by atoms with Crippen molar-refractivity contribution in [3.63, 3.8) is 0 Å². The van der Waals surface area contributed by atoms with Gasteiger partial charge in [-0.15, -0.1) is 6.58 Å². The van der Waals surface area contributed by atoms with Crippen molar-refractivity contribution in [2.24, 2.45) is 0 Å². The van der Waals surface area contributed by atoms with Crippen LogP contribution >= 0.6 is 0 Å². The van der Waals surface area contributed by atoms with Crippen molar-refractivity contribution in [2.75, 3.05) is 0 Å². The van der Waals surface area contributed by atoms with Crippen LogP contribution in [0.2, 0.25) is 0 Å². The molecule has 0 saturated carbocycles. The summed E-state index contributed by atoms with van der Waals surface area (Å²) in [5, 5.41) is 0. The normalized spacial score (nSPS) is 16.7. The third kappa shape index (κ3) is 6.15. The van der Waals surface area contributed by atoms with Crippen LogP contribution in [0.5, 0.6) is 0 Å². The lowest BCUT2D eigenvalue weighted by Crippen LogP contribution is -2.25. The van der Waals surface area contributed by atoms with Crippen molar-refractivity contribution < 1.29 is 0 Å². The molecule has 1 unspecified atom stereocenters. The van der Waals surface area contributed by atoms with Crippen LogP contribution in [0.15, 0.2) is 54.6 Å². The van der Waals surface area contributed by atoms with E-state index in [9.17, 15) is 0 Å². The van der Waals surface area contributed by atoms with Gasteiger partial charge in [0.05, 0.1) is 0 Å². The largest absolute Gasteiger partial charge is 0.100 e. The predicted octanol–water partition coefficient (Wildman–Crippen LogP) is 10.3. The van der Waals surface area contributed by atoms with E-state index in [-0.39, 0.29) is 5.41 Å². The molecule has 0 heterocycles. The molecule has 0 spiro atoms. The van der Waals surface area contributed by atoms with Gasteiger partial charge in [-0.1, -0.05) is 125 Å². The van der Waals surface area contributed by atoms with Crippen LogP contribution in [0.4, 0.5) is 0 Å². The monoisotopic (exact) mass is 430 g/mol.